The van der Waals surface area contributed by atoms with Crippen molar-refractivity contribution in [2.75, 3.05) is 12.3 Å². The van der Waals surface area contributed by atoms with Gasteiger partial charge in [-0.2, -0.15) is 10.4 Å². The Kier molecular flexibility index (Phi) is 6.81. The normalized spacial score (nSPS) is 10.6. The van der Waals surface area contributed by atoms with E-state index >= 15 is 0 Å². The number of aryl methyl sites for hydroxylation is 2. The first-order chi connectivity index (χ1) is 16.2. The fourth-order valence-electron chi connectivity index (χ4n) is 3.50. The average molecular weight is 441 g/mol. The van der Waals surface area contributed by atoms with Gasteiger partial charge in [0.25, 0.3) is 0 Å². The highest BCUT2D eigenvalue weighted by Crippen LogP contribution is 2.22. The molecule has 0 unspecified atom stereocenters. The monoisotopic (exact) mass is 440 g/mol. The lowest BCUT2D eigenvalue weighted by atomic mass is 10.1. The van der Waals surface area contributed by atoms with Crippen LogP contribution >= 0.6 is 0 Å². The minimum Gasteiger partial charge on any atom is -0.441 e. The van der Waals surface area contributed by atoms with Crippen molar-refractivity contribution < 1.29 is 9.21 Å². The molecule has 8 heteroatoms. The summed E-state index contributed by atoms with van der Waals surface area (Å²) in [5.41, 5.74) is 8.88. The maximum absolute atomic E-state index is 12.2. The molecule has 3 N–H and O–H groups in total. The van der Waals surface area contributed by atoms with Crippen LogP contribution in [0.4, 0.5) is 5.82 Å². The van der Waals surface area contributed by atoms with Gasteiger partial charge in [0, 0.05) is 24.9 Å². The molecule has 0 fully saturated rings. The molecular weight excluding hydrogens is 416 g/mol. The Bertz CT molecular complexity index is 1260. The average Bonchev–Trinajstić information content (AvgIpc) is 3.46. The van der Waals surface area contributed by atoms with Crippen molar-refractivity contribution in [2.24, 2.45) is 0 Å². The molecule has 0 saturated carbocycles. The largest absolute Gasteiger partial charge is 0.441 e. The number of aromatic nitrogens is 3. The third-order valence-corrected chi connectivity index (χ3v) is 5.20. The molecule has 0 spiro atoms. The van der Waals surface area contributed by atoms with Gasteiger partial charge in [-0.15, -0.1) is 0 Å². The maximum Gasteiger partial charge on any atom is 0.220 e. The molecule has 0 aliphatic heterocycles. The first kappa shape index (κ1) is 21.8. The zero-order chi connectivity index (χ0) is 23.0. The zero-order valence-electron chi connectivity index (χ0n) is 18.1. The number of benzene rings is 2. The molecule has 0 radical (unpaired) electrons. The number of rotatable bonds is 9. The van der Waals surface area contributed by atoms with Gasteiger partial charge < -0.3 is 15.5 Å². The van der Waals surface area contributed by atoms with Gasteiger partial charge in [-0.1, -0.05) is 48.5 Å². The summed E-state index contributed by atoms with van der Waals surface area (Å²) in [7, 11) is 0. The van der Waals surface area contributed by atoms with Crippen LogP contribution in [0.1, 0.15) is 30.0 Å². The van der Waals surface area contributed by atoms with Gasteiger partial charge in [-0.25, -0.2) is 9.67 Å². The molecule has 33 heavy (non-hydrogen) atoms. The van der Waals surface area contributed by atoms with Crippen molar-refractivity contribution in [3.63, 3.8) is 0 Å². The molecule has 2 aromatic carbocycles. The van der Waals surface area contributed by atoms with E-state index in [2.05, 4.69) is 21.5 Å². The van der Waals surface area contributed by atoms with E-state index in [4.69, 9.17) is 10.2 Å². The number of hydrogen-bond acceptors (Lipinski definition) is 6. The molecule has 4 rings (SSSR count). The summed E-state index contributed by atoms with van der Waals surface area (Å²) in [6, 6.07) is 21.3. The van der Waals surface area contributed by atoms with Crippen LogP contribution in [0, 0.1) is 11.3 Å². The number of amides is 1. The number of anilines is 1. The second kappa shape index (κ2) is 10.3. The highest BCUT2D eigenvalue weighted by atomic mass is 16.4. The van der Waals surface area contributed by atoms with E-state index in [1.54, 1.807) is 10.9 Å². The van der Waals surface area contributed by atoms with Crippen LogP contribution in [0.15, 0.2) is 71.3 Å². The van der Waals surface area contributed by atoms with Gasteiger partial charge in [0.05, 0.1) is 17.6 Å². The summed E-state index contributed by atoms with van der Waals surface area (Å²) in [6.45, 7) is 0.475. The minimum atomic E-state index is -0.0794. The van der Waals surface area contributed by atoms with Crippen molar-refractivity contribution in [2.45, 2.75) is 25.7 Å². The highest BCUT2D eigenvalue weighted by molar-refractivity contribution is 5.76. The van der Waals surface area contributed by atoms with Gasteiger partial charge in [0.15, 0.2) is 11.7 Å². The lowest BCUT2D eigenvalue weighted by molar-refractivity contribution is -0.121. The molecule has 0 bridgehead atoms. The molecule has 0 aliphatic carbocycles. The second-order valence-corrected chi connectivity index (χ2v) is 7.50. The van der Waals surface area contributed by atoms with Crippen LogP contribution in [0.2, 0.25) is 0 Å². The van der Waals surface area contributed by atoms with Gasteiger partial charge in [-0.3, -0.25) is 4.79 Å². The first-order valence-corrected chi connectivity index (χ1v) is 10.8. The van der Waals surface area contributed by atoms with Crippen molar-refractivity contribution in [1.29, 1.82) is 5.26 Å². The SMILES string of the molecule is N#Cc1c(CCCNC(=O)CCc2ncc(-c3ccccc3)o2)nn(-c2ccccc2)c1N. The van der Waals surface area contributed by atoms with Crippen LogP contribution in [0.25, 0.3) is 17.0 Å². The lowest BCUT2D eigenvalue weighted by Gasteiger charge is -2.04. The van der Waals surface area contributed by atoms with Crippen molar-refractivity contribution in [3.8, 4) is 23.1 Å². The van der Waals surface area contributed by atoms with Gasteiger partial charge >= 0.3 is 0 Å². The molecule has 1 amide bonds. The number of nitrogen functional groups attached to an aromatic ring is 1. The Balaban J connectivity index is 1.25. The van der Waals surface area contributed by atoms with Gasteiger partial charge in [-0.05, 0) is 25.0 Å². The van der Waals surface area contributed by atoms with E-state index in [0.29, 0.717) is 54.5 Å². The quantitative estimate of drug-likeness (QED) is 0.383. The summed E-state index contributed by atoms with van der Waals surface area (Å²) in [5.74, 6) is 1.46. The predicted molar refractivity (Wildman–Crippen MR) is 124 cm³/mol. The van der Waals surface area contributed by atoms with E-state index < -0.39 is 0 Å². The zero-order valence-corrected chi connectivity index (χ0v) is 18.1. The standard InChI is InChI=1S/C25H24N6O2/c26-16-20-21(30-31(25(20)27)19-10-5-2-6-11-19)12-7-15-28-23(32)13-14-24-29-17-22(33-24)18-8-3-1-4-9-18/h1-6,8-11,17H,7,12-15,27H2,(H,28,32). The van der Waals surface area contributed by atoms with E-state index in [1.165, 1.54) is 0 Å². The molecule has 2 heterocycles. The molecule has 4 aromatic rings. The fraction of sp³-hybridized carbons (Fsp3) is 0.200. The Morgan fingerprint density at radius 3 is 2.55 bits per heavy atom. The lowest BCUT2D eigenvalue weighted by Crippen LogP contribution is -2.25. The fourth-order valence-corrected chi connectivity index (χ4v) is 3.50. The van der Waals surface area contributed by atoms with Crippen LogP contribution < -0.4 is 11.1 Å². The van der Waals surface area contributed by atoms with E-state index in [1.807, 2.05) is 60.7 Å². The number of hydrogen-bond donors (Lipinski definition) is 2. The maximum atomic E-state index is 12.2. The summed E-state index contributed by atoms with van der Waals surface area (Å²) >= 11 is 0. The van der Waals surface area contributed by atoms with Crippen molar-refractivity contribution in [3.05, 3.63) is 84.0 Å². The number of nitrogens with two attached hydrogens (primary N) is 1. The van der Waals surface area contributed by atoms with Crippen molar-refractivity contribution >= 4 is 11.7 Å². The number of nitrogens with zero attached hydrogens (tertiary/aromatic N) is 4. The highest BCUT2D eigenvalue weighted by Gasteiger charge is 2.16. The Morgan fingerprint density at radius 2 is 1.82 bits per heavy atom. The number of oxazole rings is 1. The number of nitriles is 1. The Hall–Kier alpha value is -4.38. The van der Waals surface area contributed by atoms with Crippen LogP contribution in [-0.4, -0.2) is 27.2 Å². The molecule has 0 aliphatic rings. The molecule has 2 aromatic heterocycles. The summed E-state index contributed by atoms with van der Waals surface area (Å²) in [5, 5.41) is 16.9. The Labute approximate surface area is 191 Å². The van der Waals surface area contributed by atoms with Crippen LogP contribution in [-0.2, 0) is 17.6 Å². The summed E-state index contributed by atoms with van der Waals surface area (Å²) in [4.78, 5) is 16.5. The molecule has 166 valence electrons. The Morgan fingerprint density at radius 1 is 1.09 bits per heavy atom. The smallest absolute Gasteiger partial charge is 0.220 e. The third kappa shape index (κ3) is 5.28. The number of nitrogens with one attached hydrogen (secondary N) is 1. The number of para-hydroxylation sites is 1. The molecular formula is C25H24N6O2. The van der Waals surface area contributed by atoms with Crippen molar-refractivity contribution in [1.82, 2.24) is 20.1 Å². The van der Waals surface area contributed by atoms with Gasteiger partial charge in [0.1, 0.15) is 17.5 Å². The predicted octanol–water partition coefficient (Wildman–Crippen LogP) is 3.66. The van der Waals surface area contributed by atoms with E-state index in [9.17, 15) is 10.1 Å². The number of carbonyl (C=O) groups excluding carboxylic acids is 1. The van der Waals surface area contributed by atoms with E-state index in [-0.39, 0.29) is 12.3 Å². The molecule has 8 nitrogen and oxygen atoms in total. The third-order valence-electron chi connectivity index (χ3n) is 5.20. The van der Waals surface area contributed by atoms with Gasteiger partial charge in [0.2, 0.25) is 5.91 Å². The first-order valence-electron chi connectivity index (χ1n) is 10.8. The van der Waals surface area contributed by atoms with Crippen LogP contribution in [0.3, 0.4) is 0 Å². The molecule has 0 saturated heterocycles. The topological polar surface area (TPSA) is 123 Å². The minimum absolute atomic E-state index is 0.0794. The summed E-state index contributed by atoms with van der Waals surface area (Å²) < 4.78 is 7.31. The van der Waals surface area contributed by atoms with E-state index in [0.717, 1.165) is 11.3 Å². The molecule has 0 atom stereocenters. The van der Waals surface area contributed by atoms with Crippen LogP contribution in [0.5, 0.6) is 0 Å². The number of carbonyl (C=O) groups is 1. The second-order valence-electron chi connectivity index (χ2n) is 7.50. The summed E-state index contributed by atoms with van der Waals surface area (Å²) in [6.07, 6.45) is 3.56.